The first-order valence-corrected chi connectivity index (χ1v) is 15.6. The molecule has 34 heavy (non-hydrogen) atoms. The van der Waals surface area contributed by atoms with E-state index in [9.17, 15) is 10.1 Å². The highest BCUT2D eigenvalue weighted by atomic mass is 127. The second-order valence-corrected chi connectivity index (χ2v) is 11.5. The van der Waals surface area contributed by atoms with Crippen molar-refractivity contribution in [3.05, 3.63) is 52.1 Å². The molecule has 0 spiro atoms. The average Bonchev–Trinajstić information content (AvgIpc) is 3.53. The van der Waals surface area contributed by atoms with Gasteiger partial charge in [0.2, 0.25) is 0 Å². The largest absolute Gasteiger partial charge is 0.369 e. The molecule has 1 aromatic carbocycles. The number of hydrogen-bond acceptors (Lipinski definition) is 8. The molecule has 1 saturated heterocycles. The van der Waals surface area contributed by atoms with E-state index in [1.54, 1.807) is 15.3 Å². The van der Waals surface area contributed by atoms with Gasteiger partial charge in [0.15, 0.2) is 5.01 Å². The molecule has 1 unspecified atom stereocenters. The van der Waals surface area contributed by atoms with Crippen LogP contribution < -0.4 is 10.2 Å². The number of thiazole rings is 1. The molecule has 176 valence electrons. The van der Waals surface area contributed by atoms with Crippen molar-refractivity contribution in [3.63, 3.8) is 0 Å². The quantitative estimate of drug-likeness (QED) is 0.303. The number of nitrogens with zero attached hydrogens (tertiary/aromatic N) is 5. The Hall–Kier alpha value is -1.72. The number of benzene rings is 1. The second-order valence-electron chi connectivity index (χ2n) is 8.39. The number of rotatable bonds is 5. The molecule has 4 heterocycles. The first-order valence-electron chi connectivity index (χ1n) is 11.0. The fraction of sp³-hybridized carbons (Fsp3) is 0.348. The molecular formula is C23H23IN6OS3. The maximum absolute atomic E-state index is 12.6. The lowest BCUT2D eigenvalue weighted by Gasteiger charge is -2.35. The van der Waals surface area contributed by atoms with E-state index in [4.69, 9.17) is 0 Å². The number of aromatic nitrogens is 2. The third-order valence-corrected chi connectivity index (χ3v) is 9.16. The molecular weight excluding hydrogens is 599 g/mol. The van der Waals surface area contributed by atoms with Crippen molar-refractivity contribution >= 4 is 82.5 Å². The van der Waals surface area contributed by atoms with Crippen molar-refractivity contribution in [2.24, 2.45) is 0 Å². The number of thiol groups is 1. The van der Waals surface area contributed by atoms with Crippen molar-refractivity contribution in [1.29, 1.82) is 5.26 Å². The number of carbonyl (C=O) groups excluding carboxylic acids is 1. The van der Waals surface area contributed by atoms with Crippen LogP contribution in [0.5, 0.6) is 0 Å². The van der Waals surface area contributed by atoms with Crippen LogP contribution in [0.2, 0.25) is 0 Å². The highest BCUT2D eigenvalue weighted by Crippen LogP contribution is 2.40. The van der Waals surface area contributed by atoms with Crippen LogP contribution in [0.15, 0.2) is 35.9 Å². The average molecular weight is 623 g/mol. The molecule has 5 rings (SSSR count). The number of hydrogen-bond donors (Lipinski definition) is 2. The smallest absolute Gasteiger partial charge is 0.280 e. The summed E-state index contributed by atoms with van der Waals surface area (Å²) in [5, 5.41) is 16.4. The molecule has 2 aromatic heterocycles. The van der Waals surface area contributed by atoms with Gasteiger partial charge in [-0.2, -0.15) is 5.26 Å². The lowest BCUT2D eigenvalue weighted by molar-refractivity contribution is 0.0933. The second kappa shape index (κ2) is 10.5. The van der Waals surface area contributed by atoms with Gasteiger partial charge in [-0.25, -0.2) is 9.29 Å². The Kier molecular flexibility index (Phi) is 7.41. The highest BCUT2D eigenvalue weighted by molar-refractivity contribution is 14.2. The van der Waals surface area contributed by atoms with Crippen molar-refractivity contribution in [1.82, 2.24) is 18.6 Å². The van der Waals surface area contributed by atoms with E-state index in [0.29, 0.717) is 10.6 Å². The minimum atomic E-state index is -0.107. The minimum absolute atomic E-state index is 0.0544. The summed E-state index contributed by atoms with van der Waals surface area (Å²) in [4.78, 5) is 19.0. The van der Waals surface area contributed by atoms with Gasteiger partial charge in [-0.1, -0.05) is 18.9 Å². The normalized spacial score (nSPS) is 19.1. The van der Waals surface area contributed by atoms with Crippen LogP contribution in [0.25, 0.3) is 16.5 Å². The van der Waals surface area contributed by atoms with Gasteiger partial charge in [0.1, 0.15) is 6.07 Å². The Labute approximate surface area is 224 Å². The summed E-state index contributed by atoms with van der Waals surface area (Å²) in [6, 6.07) is 8.66. The monoisotopic (exact) mass is 622 g/mol. The summed E-state index contributed by atoms with van der Waals surface area (Å²) < 4.78 is 4.19. The predicted octanol–water partition coefficient (Wildman–Crippen LogP) is 5.15. The zero-order chi connectivity index (χ0) is 23.7. The topological polar surface area (TPSA) is 77.2 Å². The molecule has 11 heteroatoms. The number of nitrogens with one attached hydrogen (secondary N) is 1. The van der Waals surface area contributed by atoms with Gasteiger partial charge in [0, 0.05) is 85.2 Å². The summed E-state index contributed by atoms with van der Waals surface area (Å²) in [5.74, 6) is -0.107. The third-order valence-electron chi connectivity index (χ3n) is 6.33. The third kappa shape index (κ3) is 4.70. The van der Waals surface area contributed by atoms with Crippen LogP contribution in [-0.4, -0.2) is 51.4 Å². The molecule has 1 N–H and O–H groups in total. The van der Waals surface area contributed by atoms with Crippen LogP contribution in [0, 0.1) is 11.3 Å². The van der Waals surface area contributed by atoms with Crippen molar-refractivity contribution < 1.29 is 4.79 Å². The molecule has 1 fully saturated rings. The Morgan fingerprint density at radius 3 is 2.97 bits per heavy atom. The van der Waals surface area contributed by atoms with Crippen molar-refractivity contribution in [3.8, 4) is 6.07 Å². The number of fused-ring (bicyclic) bond motifs is 1. The first-order chi connectivity index (χ1) is 16.6. The van der Waals surface area contributed by atoms with Gasteiger partial charge in [-0.05, 0) is 43.0 Å². The van der Waals surface area contributed by atoms with E-state index >= 15 is 0 Å². The predicted molar refractivity (Wildman–Crippen MR) is 152 cm³/mol. The number of carbonyl (C=O) groups is 1. The number of piperidine rings is 1. The molecule has 1 atom stereocenters. The maximum atomic E-state index is 12.6. The van der Waals surface area contributed by atoms with Gasteiger partial charge in [0.25, 0.3) is 5.91 Å². The lowest BCUT2D eigenvalue weighted by atomic mass is 10.0. The van der Waals surface area contributed by atoms with Crippen LogP contribution in [0.1, 0.15) is 40.3 Å². The van der Waals surface area contributed by atoms with Gasteiger partial charge >= 0.3 is 0 Å². The molecule has 2 aliphatic rings. The number of nitriles is 1. The molecule has 0 bridgehead atoms. The fourth-order valence-corrected chi connectivity index (χ4v) is 7.18. The summed E-state index contributed by atoms with van der Waals surface area (Å²) in [6.07, 6.45) is 6.73. The molecule has 7 nitrogen and oxygen atoms in total. The van der Waals surface area contributed by atoms with E-state index < -0.39 is 0 Å². The van der Waals surface area contributed by atoms with Gasteiger partial charge in [-0.3, -0.25) is 8.77 Å². The van der Waals surface area contributed by atoms with E-state index in [0.717, 1.165) is 67.7 Å². The van der Waals surface area contributed by atoms with Crippen LogP contribution >= 0.6 is 54.5 Å². The Bertz CT molecular complexity index is 1280. The van der Waals surface area contributed by atoms with E-state index in [2.05, 4.69) is 77.5 Å². The molecule has 3 aromatic rings. The SMILES string of the molecule is N#Cc1ccc(N2CCCC(NC(=O)c3nccs3)C2)c2cc(C3=CCN(S)CC3)n(SI)c12. The Morgan fingerprint density at radius 1 is 1.38 bits per heavy atom. The van der Waals surface area contributed by atoms with Gasteiger partial charge in [0.05, 0.1) is 16.8 Å². The summed E-state index contributed by atoms with van der Waals surface area (Å²) in [5.41, 5.74) is 5.17. The van der Waals surface area contributed by atoms with Crippen molar-refractivity contribution in [2.45, 2.75) is 25.3 Å². The zero-order valence-corrected chi connectivity index (χ0v) is 23.0. The lowest BCUT2D eigenvalue weighted by Crippen LogP contribution is -2.47. The molecule has 0 radical (unpaired) electrons. The van der Waals surface area contributed by atoms with Crippen LogP contribution in [-0.2, 0) is 0 Å². The zero-order valence-electron chi connectivity index (χ0n) is 18.3. The fourth-order valence-electron chi connectivity index (χ4n) is 4.72. The Balaban J connectivity index is 1.49. The molecule has 0 aliphatic carbocycles. The minimum Gasteiger partial charge on any atom is -0.369 e. The number of amides is 1. The molecule has 2 aliphatic heterocycles. The van der Waals surface area contributed by atoms with Crippen LogP contribution in [0.3, 0.4) is 0 Å². The van der Waals surface area contributed by atoms with Crippen LogP contribution in [0.4, 0.5) is 5.69 Å². The molecule has 1 amide bonds. The number of halogens is 1. The van der Waals surface area contributed by atoms with Crippen molar-refractivity contribution in [2.75, 3.05) is 31.1 Å². The standard InChI is InChI=1S/C23H23IN6OS3/c24-34-30-20(15-5-9-29(32)10-6-15)12-18-19(4-3-16(13-25)21(18)30)28-8-1-2-17(14-28)27-22(31)23-26-7-11-33-23/h3-5,7,11-12,17,32H,1-2,6,8-10,14H2,(H,27,31). The summed E-state index contributed by atoms with van der Waals surface area (Å²) >= 11 is 8.13. The van der Waals surface area contributed by atoms with E-state index in [1.807, 2.05) is 15.8 Å². The molecule has 0 saturated carbocycles. The first kappa shape index (κ1) is 24.0. The maximum Gasteiger partial charge on any atom is 0.280 e. The van der Waals surface area contributed by atoms with E-state index in [1.165, 1.54) is 16.9 Å². The van der Waals surface area contributed by atoms with Gasteiger partial charge in [-0.15, -0.1) is 11.3 Å². The highest BCUT2D eigenvalue weighted by Gasteiger charge is 2.26. The number of anilines is 1. The Morgan fingerprint density at radius 2 is 2.26 bits per heavy atom. The van der Waals surface area contributed by atoms with Gasteiger partial charge < -0.3 is 10.2 Å². The summed E-state index contributed by atoms with van der Waals surface area (Å²) in [7, 11) is 1.60. The summed E-state index contributed by atoms with van der Waals surface area (Å²) in [6.45, 7) is 3.34. The van der Waals surface area contributed by atoms with E-state index in [-0.39, 0.29) is 11.9 Å².